The summed E-state index contributed by atoms with van der Waals surface area (Å²) >= 11 is 0. The van der Waals surface area contributed by atoms with Crippen molar-refractivity contribution in [2.75, 3.05) is 37.7 Å². The van der Waals surface area contributed by atoms with Gasteiger partial charge < -0.3 is 20.1 Å². The van der Waals surface area contributed by atoms with Crippen molar-refractivity contribution in [3.63, 3.8) is 0 Å². The standard InChI is InChI=1S/C26H37N3O3/c1-19(2)22-6-9-25(28-18-22)29-13-10-21(11-14-29)5-4-16-32-23-7-8-24(20(3)17-23)26(31)27-12-15-30/h6-9,17-19,21,30H,4-5,10-16H2,1-3H3,(H,27,31). The third kappa shape index (κ3) is 6.70. The molecule has 2 aromatic rings. The van der Waals surface area contributed by atoms with Crippen LogP contribution in [0.2, 0.25) is 0 Å². The number of benzene rings is 1. The van der Waals surface area contributed by atoms with Gasteiger partial charge in [-0.2, -0.15) is 0 Å². The van der Waals surface area contributed by atoms with E-state index in [0.717, 1.165) is 42.6 Å². The molecule has 174 valence electrons. The van der Waals surface area contributed by atoms with E-state index in [0.29, 0.717) is 18.1 Å². The van der Waals surface area contributed by atoms with Gasteiger partial charge in [-0.05, 0) is 79.8 Å². The number of rotatable bonds is 10. The van der Waals surface area contributed by atoms with E-state index in [1.54, 1.807) is 6.07 Å². The van der Waals surface area contributed by atoms with Crippen LogP contribution in [0.1, 0.15) is 66.9 Å². The molecule has 1 saturated heterocycles. The average Bonchev–Trinajstić information content (AvgIpc) is 2.81. The van der Waals surface area contributed by atoms with E-state index in [9.17, 15) is 4.79 Å². The lowest BCUT2D eigenvalue weighted by Gasteiger charge is -2.33. The monoisotopic (exact) mass is 439 g/mol. The van der Waals surface area contributed by atoms with Gasteiger partial charge in [0.05, 0.1) is 13.2 Å². The third-order valence-electron chi connectivity index (χ3n) is 6.24. The Balaban J connectivity index is 1.37. The molecule has 1 aromatic heterocycles. The molecule has 0 aliphatic carbocycles. The van der Waals surface area contributed by atoms with Crippen LogP contribution in [-0.4, -0.2) is 48.8 Å². The SMILES string of the molecule is Cc1cc(OCCCC2CCN(c3ccc(C(C)C)cn3)CC2)ccc1C(=O)NCCO. The van der Waals surface area contributed by atoms with Crippen LogP contribution in [0.3, 0.4) is 0 Å². The molecule has 6 heteroatoms. The maximum atomic E-state index is 12.1. The summed E-state index contributed by atoms with van der Waals surface area (Å²) in [5, 5.41) is 11.5. The average molecular weight is 440 g/mol. The molecule has 1 fully saturated rings. The fourth-order valence-corrected chi connectivity index (χ4v) is 4.18. The van der Waals surface area contributed by atoms with Crippen LogP contribution < -0.4 is 15.0 Å². The van der Waals surface area contributed by atoms with Gasteiger partial charge in [-0.3, -0.25) is 4.79 Å². The van der Waals surface area contributed by atoms with E-state index in [-0.39, 0.29) is 19.1 Å². The molecule has 0 saturated carbocycles. The zero-order valence-corrected chi connectivity index (χ0v) is 19.6. The summed E-state index contributed by atoms with van der Waals surface area (Å²) < 4.78 is 5.92. The normalized spacial score (nSPS) is 14.6. The van der Waals surface area contributed by atoms with Gasteiger partial charge in [-0.25, -0.2) is 4.98 Å². The minimum atomic E-state index is -0.166. The van der Waals surface area contributed by atoms with Crippen molar-refractivity contribution in [3.05, 3.63) is 53.2 Å². The summed E-state index contributed by atoms with van der Waals surface area (Å²) in [5.74, 6) is 2.99. The Bertz CT molecular complexity index is 859. The highest BCUT2D eigenvalue weighted by Crippen LogP contribution is 2.26. The number of hydrogen-bond donors (Lipinski definition) is 2. The predicted molar refractivity (Wildman–Crippen MR) is 129 cm³/mol. The number of aryl methyl sites for hydroxylation is 1. The van der Waals surface area contributed by atoms with Gasteiger partial charge in [-0.1, -0.05) is 19.9 Å². The molecular formula is C26H37N3O3. The van der Waals surface area contributed by atoms with Crippen LogP contribution >= 0.6 is 0 Å². The number of aromatic nitrogens is 1. The Labute approximate surface area is 192 Å². The van der Waals surface area contributed by atoms with E-state index in [2.05, 4.69) is 41.2 Å². The second-order valence-corrected chi connectivity index (χ2v) is 8.98. The maximum absolute atomic E-state index is 12.1. The number of carbonyl (C=O) groups excluding carboxylic acids is 1. The van der Waals surface area contributed by atoms with E-state index in [1.165, 1.54) is 24.8 Å². The number of ether oxygens (including phenoxy) is 1. The summed E-state index contributed by atoms with van der Waals surface area (Å²) in [6.45, 7) is 9.32. The fourth-order valence-electron chi connectivity index (χ4n) is 4.18. The molecule has 0 atom stereocenters. The van der Waals surface area contributed by atoms with E-state index in [1.807, 2.05) is 25.3 Å². The minimum absolute atomic E-state index is 0.0622. The van der Waals surface area contributed by atoms with Gasteiger partial charge in [-0.15, -0.1) is 0 Å². The molecule has 2 heterocycles. The Morgan fingerprint density at radius 1 is 1.25 bits per heavy atom. The molecule has 1 aliphatic heterocycles. The first-order valence-electron chi connectivity index (χ1n) is 11.8. The van der Waals surface area contributed by atoms with Crippen molar-refractivity contribution < 1.29 is 14.6 Å². The number of amides is 1. The van der Waals surface area contributed by atoms with Gasteiger partial charge in [0.2, 0.25) is 0 Å². The topological polar surface area (TPSA) is 74.7 Å². The van der Waals surface area contributed by atoms with Crippen molar-refractivity contribution in [2.45, 2.75) is 52.4 Å². The highest BCUT2D eigenvalue weighted by Gasteiger charge is 2.20. The zero-order chi connectivity index (χ0) is 22.9. The molecule has 1 amide bonds. The maximum Gasteiger partial charge on any atom is 0.251 e. The van der Waals surface area contributed by atoms with Crippen LogP contribution in [0.15, 0.2) is 36.5 Å². The molecule has 0 spiro atoms. The predicted octanol–water partition coefficient (Wildman–Crippen LogP) is 4.31. The van der Waals surface area contributed by atoms with Crippen LogP contribution in [0.25, 0.3) is 0 Å². The molecular weight excluding hydrogens is 402 g/mol. The summed E-state index contributed by atoms with van der Waals surface area (Å²) in [6.07, 6.45) is 6.62. The van der Waals surface area contributed by atoms with Crippen LogP contribution in [0.5, 0.6) is 5.75 Å². The molecule has 0 bridgehead atoms. The molecule has 0 radical (unpaired) electrons. The smallest absolute Gasteiger partial charge is 0.251 e. The Kier molecular flexibility index (Phi) is 8.91. The van der Waals surface area contributed by atoms with Crippen LogP contribution in [0, 0.1) is 12.8 Å². The number of aliphatic hydroxyl groups is 1. The first-order chi connectivity index (χ1) is 15.5. The number of carbonyl (C=O) groups is 1. The van der Waals surface area contributed by atoms with E-state index < -0.39 is 0 Å². The van der Waals surface area contributed by atoms with Gasteiger partial charge in [0.1, 0.15) is 11.6 Å². The van der Waals surface area contributed by atoms with Gasteiger partial charge in [0.25, 0.3) is 5.91 Å². The van der Waals surface area contributed by atoms with Gasteiger partial charge in [0.15, 0.2) is 0 Å². The molecule has 6 nitrogen and oxygen atoms in total. The van der Waals surface area contributed by atoms with Crippen molar-refractivity contribution in [1.29, 1.82) is 0 Å². The highest BCUT2D eigenvalue weighted by atomic mass is 16.5. The second-order valence-electron chi connectivity index (χ2n) is 8.98. The Morgan fingerprint density at radius 2 is 2.03 bits per heavy atom. The van der Waals surface area contributed by atoms with Crippen LogP contribution in [-0.2, 0) is 0 Å². The molecule has 3 rings (SSSR count). The molecule has 1 aliphatic rings. The summed E-state index contributed by atoms with van der Waals surface area (Å²) in [4.78, 5) is 19.1. The lowest BCUT2D eigenvalue weighted by molar-refractivity contribution is 0.0944. The van der Waals surface area contributed by atoms with E-state index >= 15 is 0 Å². The first kappa shape index (κ1) is 24.1. The first-order valence-corrected chi connectivity index (χ1v) is 11.8. The number of piperidine rings is 1. The summed E-state index contributed by atoms with van der Waals surface area (Å²) in [5.41, 5.74) is 2.78. The molecule has 2 N–H and O–H groups in total. The van der Waals surface area contributed by atoms with E-state index in [4.69, 9.17) is 9.84 Å². The molecule has 0 unspecified atom stereocenters. The number of nitrogens with one attached hydrogen (secondary N) is 1. The number of anilines is 1. The van der Waals surface area contributed by atoms with Crippen molar-refractivity contribution in [1.82, 2.24) is 10.3 Å². The zero-order valence-electron chi connectivity index (χ0n) is 19.6. The molecule has 32 heavy (non-hydrogen) atoms. The number of hydrogen-bond acceptors (Lipinski definition) is 5. The second kappa shape index (κ2) is 11.9. The van der Waals surface area contributed by atoms with Gasteiger partial charge >= 0.3 is 0 Å². The third-order valence-corrected chi connectivity index (χ3v) is 6.24. The number of nitrogens with zero attached hydrogens (tertiary/aromatic N) is 2. The lowest BCUT2D eigenvalue weighted by Crippen LogP contribution is -2.34. The van der Waals surface area contributed by atoms with Gasteiger partial charge in [0, 0.05) is 31.4 Å². The van der Waals surface area contributed by atoms with Crippen molar-refractivity contribution in [3.8, 4) is 5.75 Å². The number of pyridine rings is 1. The molecule has 1 aromatic carbocycles. The number of aliphatic hydroxyl groups excluding tert-OH is 1. The lowest BCUT2D eigenvalue weighted by atomic mass is 9.92. The quantitative estimate of drug-likeness (QED) is 0.540. The van der Waals surface area contributed by atoms with Crippen LogP contribution in [0.4, 0.5) is 5.82 Å². The summed E-state index contributed by atoms with van der Waals surface area (Å²) in [7, 11) is 0. The summed E-state index contributed by atoms with van der Waals surface area (Å²) in [6, 6.07) is 9.90. The Morgan fingerprint density at radius 3 is 2.66 bits per heavy atom. The Hall–Kier alpha value is -2.60. The highest BCUT2D eigenvalue weighted by molar-refractivity contribution is 5.95. The van der Waals surface area contributed by atoms with Crippen molar-refractivity contribution in [2.24, 2.45) is 5.92 Å². The largest absolute Gasteiger partial charge is 0.494 e. The fraction of sp³-hybridized carbons (Fsp3) is 0.538. The van der Waals surface area contributed by atoms with Crippen molar-refractivity contribution >= 4 is 11.7 Å². The minimum Gasteiger partial charge on any atom is -0.494 e.